The summed E-state index contributed by atoms with van der Waals surface area (Å²) in [7, 11) is -3.65. The van der Waals surface area contributed by atoms with Crippen molar-refractivity contribution in [2.45, 2.75) is 17.1 Å². The molecular weight excluding hydrogens is 352 g/mol. The van der Waals surface area contributed by atoms with Crippen LogP contribution in [-0.2, 0) is 27.0 Å². The summed E-state index contributed by atoms with van der Waals surface area (Å²) in [4.78, 5) is 13.1. The molecule has 0 bridgehead atoms. The van der Waals surface area contributed by atoms with Crippen LogP contribution in [-0.4, -0.2) is 26.6 Å². The molecule has 1 amide bonds. The minimum absolute atomic E-state index is 0.00714. The first-order chi connectivity index (χ1) is 10.9. The molecule has 0 aliphatic rings. The van der Waals surface area contributed by atoms with Gasteiger partial charge in [-0.2, -0.15) is 0 Å². The van der Waals surface area contributed by atoms with Crippen molar-refractivity contribution < 1.29 is 13.2 Å². The SMILES string of the molecule is NS(=O)(=O)c1ccc(CCNC(=O)CSCc2cccs2)cc1. The van der Waals surface area contributed by atoms with Crippen molar-refractivity contribution in [3.8, 4) is 0 Å². The highest BCUT2D eigenvalue weighted by Gasteiger charge is 2.07. The molecule has 0 saturated heterocycles. The van der Waals surface area contributed by atoms with Crippen molar-refractivity contribution in [1.29, 1.82) is 0 Å². The molecule has 0 spiro atoms. The number of primary sulfonamides is 1. The second-order valence-corrected chi connectivity index (χ2v) is 8.44. The Balaban J connectivity index is 1.67. The van der Waals surface area contributed by atoms with E-state index in [0.29, 0.717) is 18.7 Å². The van der Waals surface area contributed by atoms with Crippen molar-refractivity contribution in [2.24, 2.45) is 5.14 Å². The zero-order valence-corrected chi connectivity index (χ0v) is 14.8. The summed E-state index contributed by atoms with van der Waals surface area (Å²) in [5, 5.41) is 9.92. The zero-order chi connectivity index (χ0) is 16.7. The Kier molecular flexibility index (Phi) is 6.64. The van der Waals surface area contributed by atoms with Gasteiger partial charge in [0.25, 0.3) is 0 Å². The predicted octanol–water partition coefficient (Wildman–Crippen LogP) is 1.99. The van der Waals surface area contributed by atoms with Gasteiger partial charge in [0.05, 0.1) is 10.6 Å². The van der Waals surface area contributed by atoms with Crippen molar-refractivity contribution in [3.05, 3.63) is 52.2 Å². The Morgan fingerprint density at radius 2 is 1.96 bits per heavy atom. The molecule has 0 aliphatic carbocycles. The quantitative estimate of drug-likeness (QED) is 0.744. The van der Waals surface area contributed by atoms with Crippen LogP contribution in [0.3, 0.4) is 0 Å². The maximum Gasteiger partial charge on any atom is 0.238 e. The third-order valence-electron chi connectivity index (χ3n) is 3.05. The molecule has 1 aromatic carbocycles. The first-order valence-corrected chi connectivity index (χ1v) is 10.5. The van der Waals surface area contributed by atoms with Crippen molar-refractivity contribution >= 4 is 39.0 Å². The number of carbonyl (C=O) groups is 1. The third kappa shape index (κ3) is 6.34. The average molecular weight is 371 g/mol. The summed E-state index contributed by atoms with van der Waals surface area (Å²) in [6.07, 6.45) is 0.645. The fraction of sp³-hybridized carbons (Fsp3) is 0.267. The van der Waals surface area contributed by atoms with E-state index in [-0.39, 0.29) is 10.8 Å². The Morgan fingerprint density at radius 1 is 1.22 bits per heavy atom. The first-order valence-electron chi connectivity index (χ1n) is 6.94. The predicted molar refractivity (Wildman–Crippen MR) is 95.0 cm³/mol. The highest BCUT2D eigenvalue weighted by molar-refractivity contribution is 7.99. The standard InChI is InChI=1S/C15H18N2O3S3/c16-23(19,20)14-5-3-12(4-6-14)7-8-17-15(18)11-21-10-13-2-1-9-22-13/h1-6,9H,7-8,10-11H2,(H,17,18)(H2,16,19,20). The zero-order valence-electron chi connectivity index (χ0n) is 12.4. The number of amides is 1. The number of sulfonamides is 1. The smallest absolute Gasteiger partial charge is 0.238 e. The van der Waals surface area contributed by atoms with Gasteiger partial charge in [-0.1, -0.05) is 18.2 Å². The minimum atomic E-state index is -3.65. The van der Waals surface area contributed by atoms with Crippen LogP contribution in [0, 0.1) is 0 Å². The fourth-order valence-corrected chi connectivity index (χ4v) is 4.10. The summed E-state index contributed by atoms with van der Waals surface area (Å²) >= 11 is 3.28. The summed E-state index contributed by atoms with van der Waals surface area (Å²) in [6.45, 7) is 0.521. The van der Waals surface area contributed by atoms with E-state index in [2.05, 4.69) is 11.4 Å². The molecule has 5 nitrogen and oxygen atoms in total. The van der Waals surface area contributed by atoms with Gasteiger partial charge in [-0.3, -0.25) is 4.79 Å². The largest absolute Gasteiger partial charge is 0.355 e. The maximum atomic E-state index is 11.7. The highest BCUT2D eigenvalue weighted by Crippen LogP contribution is 2.16. The van der Waals surface area contributed by atoms with Gasteiger partial charge in [0.1, 0.15) is 0 Å². The third-order valence-corrected chi connectivity index (χ3v) is 6.02. The van der Waals surface area contributed by atoms with Crippen LogP contribution in [0.15, 0.2) is 46.7 Å². The Bertz CT molecular complexity index is 726. The number of thioether (sulfide) groups is 1. The van der Waals surface area contributed by atoms with Crippen LogP contribution < -0.4 is 10.5 Å². The minimum Gasteiger partial charge on any atom is -0.355 e. The van der Waals surface area contributed by atoms with Crippen LogP contribution >= 0.6 is 23.1 Å². The number of thiophene rings is 1. The van der Waals surface area contributed by atoms with E-state index in [1.54, 1.807) is 35.2 Å². The lowest BCUT2D eigenvalue weighted by molar-refractivity contribution is -0.118. The van der Waals surface area contributed by atoms with Gasteiger partial charge in [0.2, 0.25) is 15.9 Å². The summed E-state index contributed by atoms with van der Waals surface area (Å²) < 4.78 is 22.3. The molecule has 3 N–H and O–H groups in total. The van der Waals surface area contributed by atoms with Gasteiger partial charge < -0.3 is 5.32 Å². The molecule has 23 heavy (non-hydrogen) atoms. The van der Waals surface area contributed by atoms with Crippen LogP contribution in [0.2, 0.25) is 0 Å². The van der Waals surface area contributed by atoms with E-state index in [4.69, 9.17) is 5.14 Å². The Labute approximate surface area is 144 Å². The number of benzene rings is 1. The Morgan fingerprint density at radius 3 is 2.57 bits per heavy atom. The lowest BCUT2D eigenvalue weighted by Gasteiger charge is -2.06. The van der Waals surface area contributed by atoms with E-state index in [1.807, 2.05) is 11.4 Å². The molecule has 0 radical (unpaired) electrons. The number of carbonyl (C=O) groups excluding carboxylic acids is 1. The maximum absolute atomic E-state index is 11.7. The molecular formula is C15H18N2O3S3. The van der Waals surface area contributed by atoms with Crippen molar-refractivity contribution in [1.82, 2.24) is 5.32 Å². The number of nitrogens with one attached hydrogen (secondary N) is 1. The van der Waals surface area contributed by atoms with E-state index in [9.17, 15) is 13.2 Å². The molecule has 2 aromatic rings. The normalized spacial score (nSPS) is 11.3. The fourth-order valence-electron chi connectivity index (χ4n) is 1.88. The lowest BCUT2D eigenvalue weighted by atomic mass is 10.1. The van der Waals surface area contributed by atoms with Gasteiger partial charge in [-0.15, -0.1) is 23.1 Å². The molecule has 1 aromatic heterocycles. The van der Waals surface area contributed by atoms with Crippen molar-refractivity contribution in [2.75, 3.05) is 12.3 Å². The molecule has 0 saturated carbocycles. The van der Waals surface area contributed by atoms with E-state index in [0.717, 1.165) is 11.3 Å². The number of hydrogen-bond acceptors (Lipinski definition) is 5. The van der Waals surface area contributed by atoms with Crippen LogP contribution in [0.25, 0.3) is 0 Å². The molecule has 0 unspecified atom stereocenters. The summed E-state index contributed by atoms with van der Waals surface area (Å²) in [6, 6.07) is 10.4. The molecule has 8 heteroatoms. The second kappa shape index (κ2) is 8.49. The summed E-state index contributed by atoms with van der Waals surface area (Å²) in [5.41, 5.74) is 0.948. The van der Waals surface area contributed by atoms with E-state index < -0.39 is 10.0 Å². The molecule has 2 rings (SSSR count). The van der Waals surface area contributed by atoms with Gasteiger partial charge in [0.15, 0.2) is 0 Å². The molecule has 0 fully saturated rings. The first kappa shape index (κ1) is 18.0. The van der Waals surface area contributed by atoms with Gasteiger partial charge in [-0.25, -0.2) is 13.6 Å². The molecule has 1 heterocycles. The van der Waals surface area contributed by atoms with Crippen LogP contribution in [0.4, 0.5) is 0 Å². The van der Waals surface area contributed by atoms with Crippen LogP contribution in [0.5, 0.6) is 0 Å². The average Bonchev–Trinajstić information content (AvgIpc) is 3.00. The Hall–Kier alpha value is -1.35. The lowest BCUT2D eigenvalue weighted by Crippen LogP contribution is -2.27. The topological polar surface area (TPSA) is 89.3 Å². The number of nitrogens with two attached hydrogens (primary N) is 1. The molecule has 0 atom stereocenters. The van der Waals surface area contributed by atoms with Crippen molar-refractivity contribution in [3.63, 3.8) is 0 Å². The van der Waals surface area contributed by atoms with Gasteiger partial charge >= 0.3 is 0 Å². The van der Waals surface area contributed by atoms with E-state index in [1.165, 1.54) is 17.0 Å². The highest BCUT2D eigenvalue weighted by atomic mass is 32.2. The van der Waals surface area contributed by atoms with Gasteiger partial charge in [-0.05, 0) is 35.6 Å². The molecule has 0 aliphatic heterocycles. The van der Waals surface area contributed by atoms with E-state index >= 15 is 0 Å². The number of rotatable bonds is 8. The van der Waals surface area contributed by atoms with Gasteiger partial charge in [0, 0.05) is 17.2 Å². The van der Waals surface area contributed by atoms with Crippen LogP contribution in [0.1, 0.15) is 10.4 Å². The monoisotopic (exact) mass is 370 g/mol. The summed E-state index contributed by atoms with van der Waals surface area (Å²) in [5.74, 6) is 1.29. The molecule has 124 valence electrons. The number of hydrogen-bond donors (Lipinski definition) is 2. The second-order valence-electron chi connectivity index (χ2n) is 4.86.